The van der Waals surface area contributed by atoms with Crippen LogP contribution in [-0.2, 0) is 4.79 Å². The van der Waals surface area contributed by atoms with E-state index in [1.54, 1.807) is 13.0 Å². The molecule has 0 amide bonds. The third kappa shape index (κ3) is 2.57. The normalized spacial score (nSPS) is 21.7. The molecule has 1 heteroatoms. The summed E-state index contributed by atoms with van der Waals surface area (Å²) in [6.45, 7) is 8.30. The number of allylic oxidation sites excluding steroid dienone is 4. The van der Waals surface area contributed by atoms with Crippen molar-refractivity contribution in [2.24, 2.45) is 5.41 Å². The summed E-state index contributed by atoms with van der Waals surface area (Å²) in [4.78, 5) is 10.9. The van der Waals surface area contributed by atoms with Crippen LogP contribution in [0, 0.1) is 5.41 Å². The zero-order chi connectivity index (χ0) is 10.8. The van der Waals surface area contributed by atoms with Gasteiger partial charge < -0.3 is 0 Å². The Morgan fingerprint density at radius 3 is 2.57 bits per heavy atom. The van der Waals surface area contributed by atoms with Crippen LogP contribution in [-0.4, -0.2) is 5.78 Å². The van der Waals surface area contributed by atoms with Gasteiger partial charge in [-0.1, -0.05) is 25.5 Å². The summed E-state index contributed by atoms with van der Waals surface area (Å²) in [5, 5.41) is 0. The van der Waals surface area contributed by atoms with Crippen LogP contribution in [0.2, 0.25) is 0 Å². The van der Waals surface area contributed by atoms with Crippen LogP contribution in [0.1, 0.15) is 47.0 Å². The van der Waals surface area contributed by atoms with Crippen molar-refractivity contribution in [3.05, 3.63) is 23.3 Å². The van der Waals surface area contributed by atoms with E-state index < -0.39 is 0 Å². The number of carbonyl (C=O) groups is 1. The quantitative estimate of drug-likeness (QED) is 0.610. The zero-order valence-electron chi connectivity index (χ0n) is 9.68. The highest BCUT2D eigenvalue weighted by Crippen LogP contribution is 2.40. The Labute approximate surface area is 86.9 Å². The highest BCUT2D eigenvalue weighted by Gasteiger charge is 2.26. The molecule has 14 heavy (non-hydrogen) atoms. The van der Waals surface area contributed by atoms with Gasteiger partial charge >= 0.3 is 0 Å². The minimum Gasteiger partial charge on any atom is -0.295 e. The van der Waals surface area contributed by atoms with Gasteiger partial charge in [0.05, 0.1) is 0 Å². The molecular formula is C13H20O. The minimum atomic E-state index is 0.131. The maximum atomic E-state index is 10.9. The molecule has 0 N–H and O–H groups in total. The van der Waals surface area contributed by atoms with E-state index in [9.17, 15) is 4.79 Å². The molecule has 0 aromatic carbocycles. The molecule has 0 radical (unpaired) electrons. The van der Waals surface area contributed by atoms with Crippen LogP contribution in [0.3, 0.4) is 0 Å². The molecule has 0 saturated carbocycles. The average Bonchev–Trinajstić information content (AvgIpc) is 2.01. The first-order chi connectivity index (χ1) is 6.43. The van der Waals surface area contributed by atoms with Gasteiger partial charge in [-0.25, -0.2) is 0 Å². The Morgan fingerprint density at radius 1 is 1.43 bits per heavy atom. The minimum absolute atomic E-state index is 0.131. The second kappa shape index (κ2) is 4.12. The number of ketones is 1. The van der Waals surface area contributed by atoms with Gasteiger partial charge in [0, 0.05) is 0 Å². The molecule has 0 bridgehead atoms. The molecule has 1 aliphatic carbocycles. The summed E-state index contributed by atoms with van der Waals surface area (Å²) in [5.74, 6) is 0.131. The molecule has 78 valence electrons. The van der Waals surface area contributed by atoms with Crippen molar-refractivity contribution in [2.45, 2.75) is 47.0 Å². The Morgan fingerprint density at radius 2 is 2.07 bits per heavy atom. The summed E-state index contributed by atoms with van der Waals surface area (Å²) in [5.41, 5.74) is 3.05. The third-order valence-electron chi connectivity index (χ3n) is 3.03. The van der Waals surface area contributed by atoms with Crippen LogP contribution in [0.5, 0.6) is 0 Å². The lowest BCUT2D eigenvalue weighted by Crippen LogP contribution is -2.19. The van der Waals surface area contributed by atoms with Gasteiger partial charge in [-0.15, -0.1) is 0 Å². The van der Waals surface area contributed by atoms with Crippen molar-refractivity contribution in [1.82, 2.24) is 0 Å². The standard InChI is InChI=1S/C13H20O/c1-10-6-5-9-13(3,4)12(10)8-7-11(2)14/h7-8H,5-6,9H2,1-4H3/b8-7-. The van der Waals surface area contributed by atoms with Gasteiger partial charge in [0.15, 0.2) is 5.78 Å². The smallest absolute Gasteiger partial charge is 0.152 e. The van der Waals surface area contributed by atoms with E-state index in [0.29, 0.717) is 0 Å². The summed E-state index contributed by atoms with van der Waals surface area (Å²) < 4.78 is 0. The highest BCUT2D eigenvalue weighted by atomic mass is 16.1. The van der Waals surface area contributed by atoms with Crippen LogP contribution >= 0.6 is 0 Å². The fourth-order valence-electron chi connectivity index (χ4n) is 2.21. The van der Waals surface area contributed by atoms with Gasteiger partial charge in [0.1, 0.15) is 0 Å². The van der Waals surface area contributed by atoms with E-state index in [4.69, 9.17) is 0 Å². The third-order valence-corrected chi connectivity index (χ3v) is 3.03. The summed E-state index contributed by atoms with van der Waals surface area (Å²) in [6.07, 6.45) is 7.38. The lowest BCUT2D eigenvalue weighted by molar-refractivity contribution is -0.112. The largest absolute Gasteiger partial charge is 0.295 e. The molecule has 0 unspecified atom stereocenters. The number of hydrogen-bond acceptors (Lipinski definition) is 1. The van der Waals surface area contributed by atoms with E-state index >= 15 is 0 Å². The van der Waals surface area contributed by atoms with Crippen molar-refractivity contribution in [2.75, 3.05) is 0 Å². The van der Waals surface area contributed by atoms with Crippen molar-refractivity contribution >= 4 is 5.78 Å². The fraction of sp³-hybridized carbons (Fsp3) is 0.615. The molecule has 0 spiro atoms. The molecule has 1 aliphatic rings. The lowest BCUT2D eigenvalue weighted by atomic mass is 9.72. The Hall–Kier alpha value is -0.850. The first kappa shape index (κ1) is 11.2. The maximum Gasteiger partial charge on any atom is 0.152 e. The molecule has 0 atom stereocenters. The summed E-state index contributed by atoms with van der Waals surface area (Å²) in [6, 6.07) is 0. The van der Waals surface area contributed by atoms with Crippen molar-refractivity contribution < 1.29 is 4.79 Å². The van der Waals surface area contributed by atoms with Gasteiger partial charge in [-0.2, -0.15) is 0 Å². The first-order valence-electron chi connectivity index (χ1n) is 5.32. The zero-order valence-corrected chi connectivity index (χ0v) is 9.68. The molecule has 0 fully saturated rings. The lowest BCUT2D eigenvalue weighted by Gasteiger charge is -2.32. The van der Waals surface area contributed by atoms with E-state index in [2.05, 4.69) is 20.8 Å². The Balaban J connectivity index is 2.96. The van der Waals surface area contributed by atoms with Crippen LogP contribution in [0.15, 0.2) is 23.3 Å². The molecule has 0 aliphatic heterocycles. The van der Waals surface area contributed by atoms with Crippen LogP contribution in [0.25, 0.3) is 0 Å². The fourth-order valence-corrected chi connectivity index (χ4v) is 2.21. The molecule has 1 nitrogen and oxygen atoms in total. The van der Waals surface area contributed by atoms with Gasteiger partial charge in [-0.3, -0.25) is 4.79 Å². The molecule has 0 aromatic rings. The van der Waals surface area contributed by atoms with E-state index in [1.807, 2.05) is 6.08 Å². The van der Waals surface area contributed by atoms with Gasteiger partial charge in [-0.05, 0) is 50.2 Å². The Bertz CT molecular complexity index is 292. The van der Waals surface area contributed by atoms with E-state index in [0.717, 1.165) is 0 Å². The predicted octanol–water partition coefficient (Wildman–Crippen LogP) is 3.66. The van der Waals surface area contributed by atoms with Gasteiger partial charge in [0.25, 0.3) is 0 Å². The number of rotatable bonds is 2. The number of hydrogen-bond donors (Lipinski definition) is 0. The molecule has 0 saturated heterocycles. The molecule has 0 aromatic heterocycles. The van der Waals surface area contributed by atoms with Crippen LogP contribution in [0.4, 0.5) is 0 Å². The van der Waals surface area contributed by atoms with Gasteiger partial charge in [0.2, 0.25) is 0 Å². The molecular weight excluding hydrogens is 172 g/mol. The van der Waals surface area contributed by atoms with Crippen molar-refractivity contribution in [1.29, 1.82) is 0 Å². The SMILES string of the molecule is CC(=O)/C=C\C1=C(C)CCCC1(C)C. The van der Waals surface area contributed by atoms with Crippen LogP contribution < -0.4 is 0 Å². The first-order valence-corrected chi connectivity index (χ1v) is 5.32. The second-order valence-electron chi connectivity index (χ2n) is 4.88. The maximum absolute atomic E-state index is 10.9. The molecule has 0 heterocycles. The second-order valence-corrected chi connectivity index (χ2v) is 4.88. The number of carbonyl (C=O) groups excluding carboxylic acids is 1. The predicted molar refractivity (Wildman–Crippen MR) is 60.2 cm³/mol. The Kier molecular flexibility index (Phi) is 3.30. The highest BCUT2D eigenvalue weighted by molar-refractivity contribution is 5.87. The summed E-state index contributed by atoms with van der Waals surface area (Å²) in [7, 11) is 0. The summed E-state index contributed by atoms with van der Waals surface area (Å²) >= 11 is 0. The van der Waals surface area contributed by atoms with E-state index in [-0.39, 0.29) is 11.2 Å². The average molecular weight is 192 g/mol. The molecule has 1 rings (SSSR count). The van der Waals surface area contributed by atoms with E-state index in [1.165, 1.54) is 30.4 Å². The monoisotopic (exact) mass is 192 g/mol. The van der Waals surface area contributed by atoms with Crippen molar-refractivity contribution in [3.63, 3.8) is 0 Å². The topological polar surface area (TPSA) is 17.1 Å². The van der Waals surface area contributed by atoms with Crippen molar-refractivity contribution in [3.8, 4) is 0 Å².